The number of anilines is 1. The molecule has 0 aliphatic rings. The van der Waals surface area contributed by atoms with Crippen LogP contribution >= 0.6 is 0 Å². The molecule has 2 N–H and O–H groups in total. The van der Waals surface area contributed by atoms with Crippen LogP contribution in [0.3, 0.4) is 0 Å². The summed E-state index contributed by atoms with van der Waals surface area (Å²) in [6, 6.07) is 8.13. The lowest BCUT2D eigenvalue weighted by Gasteiger charge is -2.09. The van der Waals surface area contributed by atoms with Gasteiger partial charge in [-0.2, -0.15) is 5.10 Å². The van der Waals surface area contributed by atoms with Crippen LogP contribution in [0.25, 0.3) is 10.9 Å². The quantitative estimate of drug-likeness (QED) is 0.737. The number of aryl methyl sites for hydroxylation is 1. The third-order valence-electron chi connectivity index (χ3n) is 3.09. The molecule has 0 aliphatic carbocycles. The number of para-hydroxylation sites is 1. The van der Waals surface area contributed by atoms with Crippen molar-refractivity contribution in [1.82, 2.24) is 15.2 Å². The second-order valence-corrected chi connectivity index (χ2v) is 4.30. The van der Waals surface area contributed by atoms with Crippen LogP contribution in [0, 0.1) is 6.92 Å². The van der Waals surface area contributed by atoms with E-state index in [0.717, 1.165) is 23.1 Å². The molecule has 0 saturated heterocycles. The van der Waals surface area contributed by atoms with Gasteiger partial charge in [-0.3, -0.25) is 10.1 Å². The molecule has 3 rings (SSSR count). The first-order valence-electron chi connectivity index (χ1n) is 5.90. The number of nitrogens with zero attached hydrogens (tertiary/aromatic N) is 2. The minimum Gasteiger partial charge on any atom is -0.379 e. The Morgan fingerprint density at radius 2 is 2.17 bits per heavy atom. The lowest BCUT2D eigenvalue weighted by atomic mass is 10.1. The smallest absolute Gasteiger partial charge is 0.0881 e. The summed E-state index contributed by atoms with van der Waals surface area (Å²) in [6.45, 7) is 2.85. The normalized spacial score (nSPS) is 10.7. The molecule has 0 bridgehead atoms. The van der Waals surface area contributed by atoms with Crippen molar-refractivity contribution < 1.29 is 0 Å². The Morgan fingerprint density at radius 1 is 1.22 bits per heavy atom. The van der Waals surface area contributed by atoms with Crippen molar-refractivity contribution in [3.05, 3.63) is 54.0 Å². The highest BCUT2D eigenvalue weighted by molar-refractivity contribution is 5.89. The Labute approximate surface area is 105 Å². The van der Waals surface area contributed by atoms with Crippen LogP contribution in [0.5, 0.6) is 0 Å². The van der Waals surface area contributed by atoms with Crippen molar-refractivity contribution in [2.24, 2.45) is 0 Å². The molecule has 2 heterocycles. The summed E-state index contributed by atoms with van der Waals surface area (Å²) in [5, 5.41) is 11.6. The average Bonchev–Trinajstić information content (AvgIpc) is 2.86. The highest BCUT2D eigenvalue weighted by Crippen LogP contribution is 2.21. The maximum atomic E-state index is 4.15. The number of aromatic amines is 1. The lowest BCUT2D eigenvalue weighted by molar-refractivity contribution is 1.08. The summed E-state index contributed by atoms with van der Waals surface area (Å²) in [5.41, 5.74) is 4.55. The number of hydrogen-bond donors (Lipinski definition) is 2. The third-order valence-corrected chi connectivity index (χ3v) is 3.09. The molecule has 18 heavy (non-hydrogen) atoms. The molecule has 4 heteroatoms. The number of hydrogen-bond acceptors (Lipinski definition) is 3. The molecule has 2 aromatic heterocycles. The predicted octanol–water partition coefficient (Wildman–Crippen LogP) is 2.88. The Morgan fingerprint density at radius 3 is 3.06 bits per heavy atom. The van der Waals surface area contributed by atoms with Crippen LogP contribution in [0.1, 0.15) is 11.1 Å². The van der Waals surface area contributed by atoms with E-state index in [-0.39, 0.29) is 0 Å². The monoisotopic (exact) mass is 238 g/mol. The van der Waals surface area contributed by atoms with Crippen LogP contribution in [-0.2, 0) is 6.54 Å². The first-order chi connectivity index (χ1) is 8.84. The van der Waals surface area contributed by atoms with Gasteiger partial charge < -0.3 is 5.32 Å². The van der Waals surface area contributed by atoms with Gasteiger partial charge in [0, 0.05) is 24.3 Å². The molecule has 0 aliphatic heterocycles. The van der Waals surface area contributed by atoms with Crippen LogP contribution in [-0.4, -0.2) is 15.2 Å². The molecule has 0 amide bonds. The first-order valence-corrected chi connectivity index (χ1v) is 5.90. The third kappa shape index (κ3) is 1.93. The summed E-state index contributed by atoms with van der Waals surface area (Å²) in [4.78, 5) is 4.15. The zero-order valence-corrected chi connectivity index (χ0v) is 10.1. The summed E-state index contributed by atoms with van der Waals surface area (Å²) < 4.78 is 0. The van der Waals surface area contributed by atoms with Crippen molar-refractivity contribution in [3.63, 3.8) is 0 Å². The van der Waals surface area contributed by atoms with Crippen molar-refractivity contribution in [2.75, 3.05) is 5.32 Å². The molecule has 3 aromatic rings. The maximum absolute atomic E-state index is 4.15. The largest absolute Gasteiger partial charge is 0.379 e. The Bertz CT molecular complexity index is 672. The number of benzene rings is 1. The van der Waals surface area contributed by atoms with Crippen molar-refractivity contribution in [3.8, 4) is 0 Å². The van der Waals surface area contributed by atoms with E-state index in [4.69, 9.17) is 0 Å². The number of H-pyrrole nitrogens is 1. The number of pyridine rings is 1. The summed E-state index contributed by atoms with van der Waals surface area (Å²) in [7, 11) is 0. The average molecular weight is 238 g/mol. The Hall–Kier alpha value is -2.36. The van der Waals surface area contributed by atoms with E-state index in [2.05, 4.69) is 27.4 Å². The van der Waals surface area contributed by atoms with E-state index in [1.807, 2.05) is 42.9 Å². The minimum atomic E-state index is 0.762. The Kier molecular flexibility index (Phi) is 2.68. The topological polar surface area (TPSA) is 53.6 Å². The van der Waals surface area contributed by atoms with Crippen LogP contribution < -0.4 is 5.32 Å². The van der Waals surface area contributed by atoms with E-state index >= 15 is 0 Å². The van der Waals surface area contributed by atoms with E-state index < -0.39 is 0 Å². The number of nitrogens with one attached hydrogen (secondary N) is 2. The van der Waals surface area contributed by atoms with Gasteiger partial charge in [0.05, 0.1) is 17.4 Å². The van der Waals surface area contributed by atoms with Gasteiger partial charge in [0.15, 0.2) is 0 Å². The standard InChI is InChI=1S/C14H14N4/c1-10-5-6-15-7-12(10)8-16-13-4-2-3-11-9-17-18-14(11)13/h2-7,9,16H,8H2,1H3,(H,17,18). The zero-order valence-electron chi connectivity index (χ0n) is 10.1. The first kappa shape index (κ1) is 10.8. The SMILES string of the molecule is Cc1ccncc1CNc1cccc2cn[nH]c12. The van der Waals surface area contributed by atoms with Crippen LogP contribution in [0.4, 0.5) is 5.69 Å². The fourth-order valence-electron chi connectivity index (χ4n) is 1.99. The molecule has 1 aromatic carbocycles. The molecule has 0 fully saturated rings. The molecule has 0 atom stereocenters. The van der Waals surface area contributed by atoms with E-state index in [0.29, 0.717) is 0 Å². The van der Waals surface area contributed by atoms with Gasteiger partial charge in [-0.15, -0.1) is 0 Å². The van der Waals surface area contributed by atoms with Gasteiger partial charge in [0.2, 0.25) is 0 Å². The predicted molar refractivity (Wildman–Crippen MR) is 72.4 cm³/mol. The summed E-state index contributed by atoms with van der Waals surface area (Å²) >= 11 is 0. The minimum absolute atomic E-state index is 0.762. The van der Waals surface area contributed by atoms with Gasteiger partial charge in [0.1, 0.15) is 0 Å². The highest BCUT2D eigenvalue weighted by Gasteiger charge is 2.03. The molecular formula is C14H14N4. The second kappa shape index (κ2) is 4.49. The fourth-order valence-corrected chi connectivity index (χ4v) is 1.99. The number of fused-ring (bicyclic) bond motifs is 1. The van der Waals surface area contributed by atoms with E-state index in [1.165, 1.54) is 11.1 Å². The maximum Gasteiger partial charge on any atom is 0.0881 e. The molecule has 90 valence electrons. The van der Waals surface area contributed by atoms with Crippen molar-refractivity contribution in [2.45, 2.75) is 13.5 Å². The molecule has 0 spiro atoms. The van der Waals surface area contributed by atoms with E-state index in [9.17, 15) is 0 Å². The molecule has 4 nitrogen and oxygen atoms in total. The van der Waals surface area contributed by atoms with Gasteiger partial charge in [-0.1, -0.05) is 12.1 Å². The highest BCUT2D eigenvalue weighted by atomic mass is 15.1. The van der Waals surface area contributed by atoms with E-state index in [1.54, 1.807) is 0 Å². The Balaban J connectivity index is 1.85. The van der Waals surface area contributed by atoms with Gasteiger partial charge in [-0.05, 0) is 30.2 Å². The molecule has 0 saturated carbocycles. The van der Waals surface area contributed by atoms with Crippen LogP contribution in [0.2, 0.25) is 0 Å². The number of aromatic nitrogens is 3. The van der Waals surface area contributed by atoms with Gasteiger partial charge in [0.25, 0.3) is 0 Å². The van der Waals surface area contributed by atoms with Crippen LogP contribution in [0.15, 0.2) is 42.9 Å². The summed E-state index contributed by atoms with van der Waals surface area (Å²) in [6.07, 6.45) is 5.54. The number of rotatable bonds is 3. The zero-order chi connectivity index (χ0) is 12.4. The van der Waals surface area contributed by atoms with Gasteiger partial charge >= 0.3 is 0 Å². The molecule has 0 radical (unpaired) electrons. The fraction of sp³-hybridized carbons (Fsp3) is 0.143. The summed E-state index contributed by atoms with van der Waals surface area (Å²) in [5.74, 6) is 0. The molecular weight excluding hydrogens is 224 g/mol. The van der Waals surface area contributed by atoms with Gasteiger partial charge in [-0.25, -0.2) is 0 Å². The second-order valence-electron chi connectivity index (χ2n) is 4.30. The van der Waals surface area contributed by atoms with Crippen molar-refractivity contribution in [1.29, 1.82) is 0 Å². The lowest BCUT2D eigenvalue weighted by Crippen LogP contribution is -2.02. The molecule has 0 unspecified atom stereocenters. The van der Waals surface area contributed by atoms with Crippen molar-refractivity contribution >= 4 is 16.6 Å².